The lowest BCUT2D eigenvalue weighted by molar-refractivity contribution is 0.1000. The fourth-order valence-corrected chi connectivity index (χ4v) is 6.88. The molecule has 1 heterocycles. The van der Waals surface area contributed by atoms with Crippen molar-refractivity contribution in [3.8, 4) is 5.75 Å². The zero-order valence-corrected chi connectivity index (χ0v) is 23.3. The molecule has 1 aliphatic heterocycles. The number of rotatable bonds is 7. The molecule has 3 unspecified atom stereocenters. The maximum atomic E-state index is 11.6. The highest BCUT2D eigenvalue weighted by atomic mass is 16.5. The highest BCUT2D eigenvalue weighted by molar-refractivity contribution is 5.93. The molecule has 204 valence electrons. The third-order valence-electron chi connectivity index (χ3n) is 9.39. The van der Waals surface area contributed by atoms with E-state index in [9.17, 15) is 4.79 Å². The number of piperazine rings is 1. The van der Waals surface area contributed by atoms with Crippen LogP contribution in [0.25, 0.3) is 6.08 Å². The van der Waals surface area contributed by atoms with E-state index >= 15 is 0 Å². The Hall–Kier alpha value is -2.79. The number of likely N-dealkylation sites (N-methyl/N-ethyl adjacent to an activating group) is 1. The van der Waals surface area contributed by atoms with Gasteiger partial charge < -0.3 is 20.3 Å². The summed E-state index contributed by atoms with van der Waals surface area (Å²) in [6.45, 7) is 4.45. The molecule has 1 saturated carbocycles. The number of nitrogens with two attached hydrogens (primary N) is 1. The van der Waals surface area contributed by atoms with E-state index in [0.717, 1.165) is 63.0 Å². The van der Waals surface area contributed by atoms with Crippen molar-refractivity contribution in [2.75, 3.05) is 45.2 Å². The first-order chi connectivity index (χ1) is 18.5. The van der Waals surface area contributed by atoms with Gasteiger partial charge in [-0.25, -0.2) is 0 Å². The molecule has 0 radical (unpaired) electrons. The van der Waals surface area contributed by atoms with Gasteiger partial charge in [0.25, 0.3) is 0 Å². The van der Waals surface area contributed by atoms with Crippen molar-refractivity contribution in [1.82, 2.24) is 4.90 Å². The molecule has 3 aliphatic rings. The molecule has 1 amide bonds. The monoisotopic (exact) mass is 515 g/mol. The lowest BCUT2D eigenvalue weighted by Crippen LogP contribution is -2.44. The van der Waals surface area contributed by atoms with E-state index in [2.05, 4.69) is 53.3 Å². The lowest BCUT2D eigenvalue weighted by Gasteiger charge is -2.34. The number of hydrogen-bond acceptors (Lipinski definition) is 4. The minimum atomic E-state index is -0.337. The molecule has 5 nitrogen and oxygen atoms in total. The average molecular weight is 516 g/mol. The summed E-state index contributed by atoms with van der Waals surface area (Å²) in [7, 11) is 4.01. The van der Waals surface area contributed by atoms with Gasteiger partial charge in [-0.05, 0) is 110 Å². The smallest absolute Gasteiger partial charge is 0.248 e. The molecule has 5 heteroatoms. The number of benzene rings is 2. The number of amides is 1. The quantitative estimate of drug-likeness (QED) is 0.463. The first kappa shape index (κ1) is 26.8. The Morgan fingerprint density at radius 2 is 1.84 bits per heavy atom. The molecule has 38 heavy (non-hydrogen) atoms. The zero-order chi connectivity index (χ0) is 26.5. The molecule has 0 bridgehead atoms. The first-order valence-corrected chi connectivity index (χ1v) is 14.7. The molecule has 2 aromatic rings. The predicted octanol–water partition coefficient (Wildman–Crippen LogP) is 5.95. The molecule has 5 rings (SSSR count). The number of anilines is 1. The van der Waals surface area contributed by atoms with Crippen LogP contribution < -0.4 is 15.4 Å². The van der Waals surface area contributed by atoms with E-state index in [4.69, 9.17) is 10.5 Å². The number of ether oxygens (including phenoxy) is 1. The van der Waals surface area contributed by atoms with E-state index in [1.165, 1.54) is 60.9 Å². The maximum absolute atomic E-state index is 11.6. The third-order valence-corrected chi connectivity index (χ3v) is 9.39. The topological polar surface area (TPSA) is 58.8 Å². The molecule has 2 aromatic carbocycles. The second-order valence-corrected chi connectivity index (χ2v) is 11.8. The van der Waals surface area contributed by atoms with Crippen LogP contribution in [0.4, 0.5) is 5.69 Å². The average Bonchev–Trinajstić information content (AvgIpc) is 3.30. The molecule has 2 fully saturated rings. The summed E-state index contributed by atoms with van der Waals surface area (Å²) in [5.41, 5.74) is 11.4. The second-order valence-electron chi connectivity index (χ2n) is 11.8. The van der Waals surface area contributed by atoms with Crippen LogP contribution in [0.15, 0.2) is 42.5 Å². The minimum Gasteiger partial charge on any atom is -0.496 e. The van der Waals surface area contributed by atoms with Crippen LogP contribution in [0.5, 0.6) is 5.75 Å². The molecule has 2 N–H and O–H groups in total. The van der Waals surface area contributed by atoms with Gasteiger partial charge in [0.1, 0.15) is 5.75 Å². The Morgan fingerprint density at radius 1 is 1.00 bits per heavy atom. The van der Waals surface area contributed by atoms with Gasteiger partial charge in [-0.2, -0.15) is 0 Å². The van der Waals surface area contributed by atoms with Gasteiger partial charge in [0.05, 0.1) is 7.11 Å². The number of hydrogen-bond donors (Lipinski definition) is 1. The second kappa shape index (κ2) is 12.4. The highest BCUT2D eigenvalue weighted by Crippen LogP contribution is 2.38. The van der Waals surface area contributed by atoms with Crippen LogP contribution >= 0.6 is 0 Å². The van der Waals surface area contributed by atoms with E-state index in [1.54, 1.807) is 7.11 Å². The summed E-state index contributed by atoms with van der Waals surface area (Å²) in [6.07, 6.45) is 15.9. The zero-order valence-electron chi connectivity index (χ0n) is 23.3. The summed E-state index contributed by atoms with van der Waals surface area (Å²) in [5, 5.41) is 0. The van der Waals surface area contributed by atoms with Crippen molar-refractivity contribution in [3.05, 3.63) is 64.7 Å². The minimum absolute atomic E-state index is 0.337. The Morgan fingerprint density at radius 3 is 2.63 bits per heavy atom. The SMILES string of the molecule is COc1ccc(N2CCN(C)CC2)cc1CCC1CCCC(C2C=Cc3ccc(C(N)=O)cc3CC2)CC1. The molecule has 1 saturated heterocycles. The van der Waals surface area contributed by atoms with Gasteiger partial charge in [0, 0.05) is 37.4 Å². The number of carbonyl (C=O) groups is 1. The van der Waals surface area contributed by atoms with E-state index in [-0.39, 0.29) is 5.91 Å². The third kappa shape index (κ3) is 6.43. The molecular weight excluding hydrogens is 470 g/mol. The first-order valence-electron chi connectivity index (χ1n) is 14.7. The van der Waals surface area contributed by atoms with Crippen LogP contribution in [0.3, 0.4) is 0 Å². The van der Waals surface area contributed by atoms with Gasteiger partial charge in [0.15, 0.2) is 0 Å². The summed E-state index contributed by atoms with van der Waals surface area (Å²) in [6, 6.07) is 12.7. The standard InChI is InChI=1S/C33H45N3O2/c1-35-18-20-36(21-19-35)31-16-17-32(38-2)29(23-31)9-7-24-4-3-5-25(8-6-24)26-10-11-27-13-15-30(33(34)37)22-28(27)14-12-26/h10-11,13,15-17,22-26H,3-9,12,14,18-21H2,1-2H3,(H2,34,37). The summed E-state index contributed by atoms with van der Waals surface area (Å²) in [4.78, 5) is 16.6. The Balaban J connectivity index is 1.16. The molecule has 0 aromatic heterocycles. The fourth-order valence-electron chi connectivity index (χ4n) is 6.88. The van der Waals surface area contributed by atoms with E-state index in [1.807, 2.05) is 12.1 Å². The van der Waals surface area contributed by atoms with Gasteiger partial charge in [-0.1, -0.05) is 37.5 Å². The normalized spacial score (nSPS) is 24.4. The van der Waals surface area contributed by atoms with Crippen molar-refractivity contribution in [3.63, 3.8) is 0 Å². The van der Waals surface area contributed by atoms with Crippen LogP contribution in [0.2, 0.25) is 0 Å². The Kier molecular flexibility index (Phi) is 8.73. The number of allylic oxidation sites excluding steroid dienone is 1. The van der Waals surface area contributed by atoms with Gasteiger partial charge >= 0.3 is 0 Å². The van der Waals surface area contributed by atoms with Crippen molar-refractivity contribution in [2.45, 2.75) is 57.8 Å². The van der Waals surface area contributed by atoms with Crippen LogP contribution in [0.1, 0.15) is 72.0 Å². The molecule has 0 spiro atoms. The van der Waals surface area contributed by atoms with E-state index < -0.39 is 0 Å². The van der Waals surface area contributed by atoms with Crippen LogP contribution in [0, 0.1) is 17.8 Å². The number of carbonyl (C=O) groups excluding carboxylic acids is 1. The van der Waals surface area contributed by atoms with Crippen molar-refractivity contribution in [1.29, 1.82) is 0 Å². The molecule has 2 aliphatic carbocycles. The fraction of sp³-hybridized carbons (Fsp3) is 0.545. The summed E-state index contributed by atoms with van der Waals surface area (Å²) >= 11 is 0. The maximum Gasteiger partial charge on any atom is 0.248 e. The Bertz CT molecular complexity index is 1140. The van der Waals surface area contributed by atoms with E-state index in [0.29, 0.717) is 11.5 Å². The van der Waals surface area contributed by atoms with Gasteiger partial charge in [-0.3, -0.25) is 4.79 Å². The summed E-state index contributed by atoms with van der Waals surface area (Å²) < 4.78 is 5.76. The highest BCUT2D eigenvalue weighted by Gasteiger charge is 2.26. The van der Waals surface area contributed by atoms with Crippen molar-refractivity contribution >= 4 is 17.7 Å². The Labute approximate surface area is 229 Å². The summed E-state index contributed by atoms with van der Waals surface area (Å²) in [5.74, 6) is 2.88. The van der Waals surface area contributed by atoms with Gasteiger partial charge in [0.2, 0.25) is 5.91 Å². The lowest BCUT2D eigenvalue weighted by atomic mass is 9.82. The predicted molar refractivity (Wildman–Crippen MR) is 157 cm³/mol. The number of primary amides is 1. The number of nitrogens with zero attached hydrogens (tertiary/aromatic N) is 2. The molecular formula is C33H45N3O2. The van der Waals surface area contributed by atoms with Crippen LogP contribution in [-0.2, 0) is 12.8 Å². The largest absolute Gasteiger partial charge is 0.496 e. The van der Waals surface area contributed by atoms with Gasteiger partial charge in [-0.15, -0.1) is 0 Å². The number of aryl methyl sites for hydroxylation is 2. The molecule has 3 atom stereocenters. The van der Waals surface area contributed by atoms with Crippen LogP contribution in [-0.4, -0.2) is 51.1 Å². The number of methoxy groups -OCH3 is 1. The van der Waals surface area contributed by atoms with Crippen molar-refractivity contribution in [2.24, 2.45) is 23.5 Å². The number of fused-ring (bicyclic) bond motifs is 1. The van der Waals surface area contributed by atoms with Crippen molar-refractivity contribution < 1.29 is 9.53 Å².